The van der Waals surface area contributed by atoms with Gasteiger partial charge in [0.15, 0.2) is 5.96 Å². The summed E-state index contributed by atoms with van der Waals surface area (Å²) in [5.41, 5.74) is 1.23. The molecule has 1 saturated heterocycles. The highest BCUT2D eigenvalue weighted by Crippen LogP contribution is 2.26. The van der Waals surface area contributed by atoms with Crippen molar-refractivity contribution < 1.29 is 4.74 Å². The molecule has 2 heterocycles. The van der Waals surface area contributed by atoms with Crippen molar-refractivity contribution in [2.75, 3.05) is 38.7 Å². The Balaban J connectivity index is 0.00000261. The van der Waals surface area contributed by atoms with Gasteiger partial charge in [-0.15, -0.1) is 35.3 Å². The number of benzene rings is 1. The molecule has 2 aromatic rings. The monoisotopic (exact) mass is 501 g/mol. The van der Waals surface area contributed by atoms with Crippen LogP contribution < -0.4 is 20.3 Å². The van der Waals surface area contributed by atoms with Crippen LogP contribution in [0.5, 0.6) is 5.75 Å². The van der Waals surface area contributed by atoms with Gasteiger partial charge in [-0.3, -0.25) is 4.99 Å². The lowest BCUT2D eigenvalue weighted by Gasteiger charge is -2.20. The van der Waals surface area contributed by atoms with Gasteiger partial charge in [-0.25, -0.2) is 4.98 Å². The summed E-state index contributed by atoms with van der Waals surface area (Å²) in [5, 5.41) is 7.86. The number of methoxy groups -OCH3 is 1. The fourth-order valence-electron chi connectivity index (χ4n) is 3.15. The number of ether oxygens (including phenoxy) is 1. The molecule has 1 unspecified atom stereocenters. The van der Waals surface area contributed by atoms with Gasteiger partial charge in [0.25, 0.3) is 0 Å². The Labute approximate surface area is 182 Å². The topological polar surface area (TPSA) is 61.8 Å². The fraction of sp³-hybridized carbons (Fsp3) is 0.474. The van der Waals surface area contributed by atoms with Crippen LogP contribution in [0, 0.1) is 12.8 Å². The third-order valence-electron chi connectivity index (χ3n) is 4.56. The summed E-state index contributed by atoms with van der Waals surface area (Å²) in [7, 11) is 3.51. The molecule has 1 fully saturated rings. The van der Waals surface area contributed by atoms with Crippen LogP contribution in [0.3, 0.4) is 0 Å². The van der Waals surface area contributed by atoms with Gasteiger partial charge in [-0.05, 0) is 31.4 Å². The molecule has 0 spiro atoms. The van der Waals surface area contributed by atoms with Crippen LogP contribution in [0.2, 0.25) is 0 Å². The van der Waals surface area contributed by atoms with Crippen molar-refractivity contribution in [1.82, 2.24) is 15.6 Å². The molecule has 0 saturated carbocycles. The van der Waals surface area contributed by atoms with E-state index in [0.717, 1.165) is 36.4 Å². The molecule has 0 radical (unpaired) electrons. The number of hydrogen-bond donors (Lipinski definition) is 2. The van der Waals surface area contributed by atoms with E-state index in [1.54, 1.807) is 25.5 Å². The number of aromatic nitrogens is 1. The molecule has 1 aromatic heterocycles. The number of nitrogens with one attached hydrogen (secondary N) is 2. The third-order valence-corrected chi connectivity index (χ3v) is 5.48. The largest absolute Gasteiger partial charge is 0.497 e. The van der Waals surface area contributed by atoms with Crippen LogP contribution in [0.15, 0.2) is 35.5 Å². The highest BCUT2D eigenvalue weighted by Gasteiger charge is 2.23. The molecular formula is C19H28IN5OS. The van der Waals surface area contributed by atoms with Gasteiger partial charge in [-0.2, -0.15) is 0 Å². The predicted molar refractivity (Wildman–Crippen MR) is 124 cm³/mol. The first-order valence-corrected chi connectivity index (χ1v) is 9.74. The summed E-state index contributed by atoms with van der Waals surface area (Å²) in [6.07, 6.45) is 3.08. The zero-order valence-electron chi connectivity index (χ0n) is 16.1. The number of anilines is 1. The van der Waals surface area contributed by atoms with Gasteiger partial charge in [0.05, 0.1) is 13.7 Å². The smallest absolute Gasteiger partial charge is 0.191 e. The van der Waals surface area contributed by atoms with Crippen LogP contribution in [0.25, 0.3) is 0 Å². The minimum atomic E-state index is 0. The Morgan fingerprint density at radius 2 is 2.26 bits per heavy atom. The van der Waals surface area contributed by atoms with Crippen molar-refractivity contribution in [3.05, 3.63) is 40.3 Å². The van der Waals surface area contributed by atoms with Gasteiger partial charge < -0.3 is 20.3 Å². The molecule has 6 nitrogen and oxygen atoms in total. The maximum atomic E-state index is 5.33. The first-order chi connectivity index (χ1) is 12.7. The van der Waals surface area contributed by atoms with Crippen molar-refractivity contribution in [3.63, 3.8) is 0 Å². The van der Waals surface area contributed by atoms with Gasteiger partial charge in [0.2, 0.25) is 0 Å². The molecule has 1 aromatic carbocycles. The maximum Gasteiger partial charge on any atom is 0.191 e. The summed E-state index contributed by atoms with van der Waals surface area (Å²) in [5.74, 6) is 2.34. The molecule has 1 atom stereocenters. The molecule has 27 heavy (non-hydrogen) atoms. The van der Waals surface area contributed by atoms with Crippen molar-refractivity contribution in [3.8, 4) is 5.75 Å². The lowest BCUT2D eigenvalue weighted by molar-refractivity contribution is 0.415. The van der Waals surface area contributed by atoms with E-state index in [1.165, 1.54) is 17.0 Å². The first kappa shape index (κ1) is 21.7. The van der Waals surface area contributed by atoms with E-state index in [4.69, 9.17) is 4.74 Å². The summed E-state index contributed by atoms with van der Waals surface area (Å²) in [4.78, 5) is 12.3. The number of aliphatic imine (C=N–C) groups is 1. The number of guanidine groups is 1. The first-order valence-electron chi connectivity index (χ1n) is 8.92. The zero-order valence-corrected chi connectivity index (χ0v) is 19.2. The van der Waals surface area contributed by atoms with Crippen LogP contribution in [-0.2, 0) is 6.54 Å². The Kier molecular flexibility index (Phi) is 8.62. The molecule has 0 aliphatic carbocycles. The predicted octanol–water partition coefficient (Wildman–Crippen LogP) is 3.27. The lowest BCUT2D eigenvalue weighted by atomic mass is 10.1. The minimum Gasteiger partial charge on any atom is -0.497 e. The molecule has 1 aliphatic rings. The highest BCUT2D eigenvalue weighted by atomic mass is 127. The molecule has 2 N–H and O–H groups in total. The van der Waals surface area contributed by atoms with Gasteiger partial charge in [0, 0.05) is 49.5 Å². The normalized spacial score (nSPS) is 16.8. The summed E-state index contributed by atoms with van der Waals surface area (Å²) < 4.78 is 5.33. The lowest BCUT2D eigenvalue weighted by Crippen LogP contribution is -2.39. The second kappa shape index (κ2) is 10.7. The Bertz CT molecular complexity index is 751. The van der Waals surface area contributed by atoms with E-state index in [9.17, 15) is 0 Å². The van der Waals surface area contributed by atoms with Gasteiger partial charge >= 0.3 is 0 Å². The Morgan fingerprint density at radius 3 is 2.96 bits per heavy atom. The molecule has 8 heteroatoms. The quantitative estimate of drug-likeness (QED) is 0.362. The molecule has 3 rings (SSSR count). The molecule has 0 amide bonds. The average molecular weight is 501 g/mol. The second-order valence-electron chi connectivity index (χ2n) is 6.47. The van der Waals surface area contributed by atoms with E-state index in [0.29, 0.717) is 12.5 Å². The molecule has 148 valence electrons. The second-order valence-corrected chi connectivity index (χ2v) is 7.79. The van der Waals surface area contributed by atoms with E-state index >= 15 is 0 Å². The number of hydrogen-bond acceptors (Lipinski definition) is 5. The average Bonchev–Trinajstić information content (AvgIpc) is 3.31. The van der Waals surface area contributed by atoms with E-state index in [-0.39, 0.29) is 24.0 Å². The molecular weight excluding hydrogens is 473 g/mol. The van der Waals surface area contributed by atoms with Crippen LogP contribution >= 0.6 is 35.3 Å². The van der Waals surface area contributed by atoms with Crippen molar-refractivity contribution in [1.29, 1.82) is 0 Å². The molecule has 0 bridgehead atoms. The van der Waals surface area contributed by atoms with E-state index in [1.807, 2.05) is 18.3 Å². The number of thiazole rings is 1. The Hall–Kier alpha value is -1.55. The minimum absolute atomic E-state index is 0. The van der Waals surface area contributed by atoms with Crippen LogP contribution in [-0.4, -0.2) is 44.7 Å². The van der Waals surface area contributed by atoms with E-state index < -0.39 is 0 Å². The highest BCUT2D eigenvalue weighted by molar-refractivity contribution is 14.0. The van der Waals surface area contributed by atoms with Crippen LogP contribution in [0.1, 0.15) is 16.3 Å². The number of nitrogens with zero attached hydrogens (tertiary/aromatic N) is 3. The fourth-order valence-corrected chi connectivity index (χ4v) is 3.87. The van der Waals surface area contributed by atoms with Crippen molar-refractivity contribution >= 4 is 47.0 Å². The number of halogens is 1. The SMILES string of the molecule is CN=C(NCc1ncc(C)s1)NCC1CCN(c2cccc(OC)c2)C1.I. The summed E-state index contributed by atoms with van der Waals surface area (Å²) in [6, 6.07) is 8.28. The third kappa shape index (κ3) is 6.24. The van der Waals surface area contributed by atoms with Gasteiger partial charge in [0.1, 0.15) is 10.8 Å². The zero-order chi connectivity index (χ0) is 18.4. The number of rotatable bonds is 6. The summed E-state index contributed by atoms with van der Waals surface area (Å²) in [6.45, 7) is 5.81. The summed E-state index contributed by atoms with van der Waals surface area (Å²) >= 11 is 1.71. The maximum absolute atomic E-state index is 5.33. The molecule has 1 aliphatic heterocycles. The Morgan fingerprint density at radius 1 is 1.41 bits per heavy atom. The van der Waals surface area contributed by atoms with Gasteiger partial charge in [-0.1, -0.05) is 6.07 Å². The standard InChI is InChI=1S/C19H27N5OS.HI/c1-14-10-21-18(26-14)12-23-19(20-2)22-11-15-7-8-24(13-15)16-5-4-6-17(9-16)25-3;/h4-6,9-10,15H,7-8,11-13H2,1-3H3,(H2,20,22,23);1H. The number of aryl methyl sites for hydroxylation is 1. The van der Waals surface area contributed by atoms with E-state index in [2.05, 4.69) is 44.6 Å². The van der Waals surface area contributed by atoms with Crippen molar-refractivity contribution in [2.24, 2.45) is 10.9 Å². The van der Waals surface area contributed by atoms with Crippen molar-refractivity contribution in [2.45, 2.75) is 19.9 Å². The van der Waals surface area contributed by atoms with Crippen LogP contribution in [0.4, 0.5) is 5.69 Å².